The molecule has 120 valence electrons. The fraction of sp³-hybridized carbons (Fsp3) is 0.571. The van der Waals surface area contributed by atoms with Gasteiger partial charge in [0.05, 0.1) is 6.54 Å². The quantitative estimate of drug-likeness (QED) is 0.811. The van der Waals surface area contributed by atoms with E-state index in [2.05, 4.69) is 16.4 Å². The number of aromatic nitrogens is 1. The van der Waals surface area contributed by atoms with Crippen LogP contribution in [0.5, 0.6) is 0 Å². The minimum atomic E-state index is -3.63. The number of rotatable bonds is 4. The van der Waals surface area contributed by atoms with E-state index in [1.54, 1.807) is 13.8 Å². The molecular weight excluding hydrogens is 306 g/mol. The third kappa shape index (κ3) is 3.15. The molecule has 2 rings (SSSR count). The molecule has 0 unspecified atom stereocenters. The highest BCUT2D eigenvalue weighted by molar-refractivity contribution is 7.89. The van der Waals surface area contributed by atoms with E-state index in [1.807, 2.05) is 0 Å². The van der Waals surface area contributed by atoms with Gasteiger partial charge in [0.15, 0.2) is 5.76 Å². The predicted molar refractivity (Wildman–Crippen MR) is 79.3 cm³/mol. The van der Waals surface area contributed by atoms with Crippen LogP contribution >= 0.6 is 0 Å². The largest absolute Gasteiger partial charge is 0.360 e. The Kier molecular flexibility index (Phi) is 4.88. The first-order valence-electron chi connectivity index (χ1n) is 7.02. The molecule has 2 heterocycles. The van der Waals surface area contributed by atoms with Gasteiger partial charge in [0.2, 0.25) is 15.9 Å². The molecule has 0 saturated carbocycles. The Morgan fingerprint density at radius 1 is 1.45 bits per heavy atom. The molecule has 1 aliphatic rings. The van der Waals surface area contributed by atoms with Gasteiger partial charge in [0.25, 0.3) is 0 Å². The van der Waals surface area contributed by atoms with Gasteiger partial charge in [-0.3, -0.25) is 4.79 Å². The number of piperidine rings is 1. The van der Waals surface area contributed by atoms with Crippen molar-refractivity contribution >= 4 is 15.9 Å². The summed E-state index contributed by atoms with van der Waals surface area (Å²) >= 11 is 0. The fourth-order valence-electron chi connectivity index (χ4n) is 2.61. The lowest BCUT2D eigenvalue weighted by Crippen LogP contribution is -2.43. The molecule has 8 heteroatoms. The van der Waals surface area contributed by atoms with Crippen LogP contribution in [0.4, 0.5) is 0 Å². The maximum atomic E-state index is 12.6. The molecule has 0 aliphatic carbocycles. The van der Waals surface area contributed by atoms with Crippen LogP contribution in [0, 0.1) is 32.1 Å². The summed E-state index contributed by atoms with van der Waals surface area (Å²) < 4.78 is 31.6. The second-order valence-electron chi connectivity index (χ2n) is 5.25. The Labute approximate surface area is 130 Å². The highest BCUT2D eigenvalue weighted by Gasteiger charge is 2.35. The summed E-state index contributed by atoms with van der Waals surface area (Å²) in [5.41, 5.74) is 0.353. The van der Waals surface area contributed by atoms with Crippen molar-refractivity contribution < 1.29 is 17.7 Å². The van der Waals surface area contributed by atoms with E-state index in [9.17, 15) is 13.2 Å². The van der Waals surface area contributed by atoms with Crippen molar-refractivity contribution in [3.8, 4) is 12.3 Å². The maximum absolute atomic E-state index is 12.6. The lowest BCUT2D eigenvalue weighted by atomic mass is 9.97. The molecule has 0 bridgehead atoms. The Morgan fingerprint density at radius 2 is 2.09 bits per heavy atom. The zero-order chi connectivity index (χ0) is 16.3. The van der Waals surface area contributed by atoms with Crippen LogP contribution in [0.2, 0.25) is 0 Å². The van der Waals surface area contributed by atoms with Crippen molar-refractivity contribution in [1.82, 2.24) is 14.8 Å². The number of amides is 1. The van der Waals surface area contributed by atoms with Crippen molar-refractivity contribution in [3.05, 3.63) is 11.5 Å². The second-order valence-corrected chi connectivity index (χ2v) is 7.13. The number of nitrogens with one attached hydrogen (secondary N) is 1. The topological polar surface area (TPSA) is 92.5 Å². The van der Waals surface area contributed by atoms with E-state index in [0.717, 1.165) is 0 Å². The minimum absolute atomic E-state index is 0.118. The predicted octanol–water partition coefficient (Wildman–Crippen LogP) is 0.442. The molecule has 1 aromatic rings. The van der Waals surface area contributed by atoms with E-state index in [-0.39, 0.29) is 29.0 Å². The number of sulfonamides is 1. The normalized spacial score (nSPS) is 17.1. The molecule has 1 fully saturated rings. The molecule has 0 radical (unpaired) electrons. The first kappa shape index (κ1) is 16.5. The summed E-state index contributed by atoms with van der Waals surface area (Å²) in [6, 6.07) is 0. The molecule has 1 aliphatic heterocycles. The highest BCUT2D eigenvalue weighted by Crippen LogP contribution is 2.27. The average Bonchev–Trinajstić information content (AvgIpc) is 2.84. The molecular formula is C14H19N3O4S. The number of carbonyl (C=O) groups is 1. The summed E-state index contributed by atoms with van der Waals surface area (Å²) in [5, 5.41) is 6.32. The van der Waals surface area contributed by atoms with Gasteiger partial charge in [-0.15, -0.1) is 6.42 Å². The van der Waals surface area contributed by atoms with E-state index >= 15 is 0 Å². The zero-order valence-corrected chi connectivity index (χ0v) is 13.4. The van der Waals surface area contributed by atoms with Crippen molar-refractivity contribution in [2.24, 2.45) is 5.92 Å². The lowest BCUT2D eigenvalue weighted by Gasteiger charge is -2.30. The Balaban J connectivity index is 2.06. The number of nitrogens with zero attached hydrogens (tertiary/aromatic N) is 2. The first-order chi connectivity index (χ1) is 10.4. The summed E-state index contributed by atoms with van der Waals surface area (Å²) in [6.07, 6.45) is 6.04. The van der Waals surface area contributed by atoms with Crippen LogP contribution in [-0.2, 0) is 14.8 Å². The summed E-state index contributed by atoms with van der Waals surface area (Å²) in [7, 11) is -3.63. The fourth-order valence-corrected chi connectivity index (χ4v) is 4.37. The van der Waals surface area contributed by atoms with E-state index in [1.165, 1.54) is 4.31 Å². The van der Waals surface area contributed by atoms with Gasteiger partial charge in [-0.2, -0.15) is 4.31 Å². The monoisotopic (exact) mass is 325 g/mol. The molecule has 1 N–H and O–H groups in total. The van der Waals surface area contributed by atoms with E-state index in [4.69, 9.17) is 10.9 Å². The molecule has 1 saturated heterocycles. The third-order valence-electron chi connectivity index (χ3n) is 3.76. The summed E-state index contributed by atoms with van der Waals surface area (Å²) in [6.45, 7) is 3.95. The summed E-state index contributed by atoms with van der Waals surface area (Å²) in [5.74, 6) is 2.31. The highest BCUT2D eigenvalue weighted by atomic mass is 32.2. The Morgan fingerprint density at radius 3 is 2.59 bits per heavy atom. The number of hydrogen-bond acceptors (Lipinski definition) is 5. The van der Waals surface area contributed by atoms with Gasteiger partial charge >= 0.3 is 0 Å². The van der Waals surface area contributed by atoms with Gasteiger partial charge in [-0.1, -0.05) is 11.1 Å². The van der Waals surface area contributed by atoms with Crippen LogP contribution in [0.1, 0.15) is 24.3 Å². The van der Waals surface area contributed by atoms with Crippen molar-refractivity contribution in [2.75, 3.05) is 19.6 Å². The van der Waals surface area contributed by atoms with Gasteiger partial charge in [-0.05, 0) is 26.7 Å². The molecule has 0 aromatic carbocycles. The van der Waals surface area contributed by atoms with E-state index in [0.29, 0.717) is 31.6 Å². The van der Waals surface area contributed by atoms with Crippen LogP contribution in [0.15, 0.2) is 9.42 Å². The van der Waals surface area contributed by atoms with E-state index < -0.39 is 10.0 Å². The molecule has 1 aromatic heterocycles. The number of terminal acetylenes is 1. The number of aryl methyl sites for hydroxylation is 2. The molecule has 0 spiro atoms. The molecule has 0 atom stereocenters. The van der Waals surface area contributed by atoms with Gasteiger partial charge in [0.1, 0.15) is 10.6 Å². The standard InChI is InChI=1S/C14H19N3O4S/c1-4-7-15-14(18)12-5-8-17(9-6-12)22(19,20)13-10(2)16-21-11(13)3/h1,12H,5-9H2,2-3H3,(H,15,18). The molecule has 1 amide bonds. The maximum Gasteiger partial charge on any atom is 0.248 e. The second kappa shape index (κ2) is 6.50. The number of hydrogen-bond donors (Lipinski definition) is 1. The smallest absolute Gasteiger partial charge is 0.248 e. The van der Waals surface area contributed by atoms with Crippen molar-refractivity contribution in [2.45, 2.75) is 31.6 Å². The SMILES string of the molecule is C#CCNC(=O)C1CCN(S(=O)(=O)c2c(C)noc2C)CC1. The van der Waals surface area contributed by atoms with Gasteiger partial charge in [-0.25, -0.2) is 8.42 Å². The zero-order valence-electron chi connectivity index (χ0n) is 12.6. The Bertz CT molecular complexity index is 675. The number of carbonyl (C=O) groups excluding carboxylic acids is 1. The van der Waals surface area contributed by atoms with Crippen molar-refractivity contribution in [1.29, 1.82) is 0 Å². The van der Waals surface area contributed by atoms with Gasteiger partial charge < -0.3 is 9.84 Å². The van der Waals surface area contributed by atoms with Crippen LogP contribution in [-0.4, -0.2) is 43.4 Å². The lowest BCUT2D eigenvalue weighted by molar-refractivity contribution is -0.125. The minimum Gasteiger partial charge on any atom is -0.360 e. The van der Waals surface area contributed by atoms with Crippen LogP contribution < -0.4 is 5.32 Å². The first-order valence-corrected chi connectivity index (χ1v) is 8.46. The van der Waals surface area contributed by atoms with Gasteiger partial charge in [0, 0.05) is 19.0 Å². The van der Waals surface area contributed by atoms with Crippen LogP contribution in [0.25, 0.3) is 0 Å². The Hall–Kier alpha value is -1.85. The van der Waals surface area contributed by atoms with Crippen molar-refractivity contribution in [3.63, 3.8) is 0 Å². The molecule has 22 heavy (non-hydrogen) atoms. The third-order valence-corrected chi connectivity index (χ3v) is 5.90. The average molecular weight is 325 g/mol. The summed E-state index contributed by atoms with van der Waals surface area (Å²) in [4.78, 5) is 12.0. The molecule has 7 nitrogen and oxygen atoms in total. The van der Waals surface area contributed by atoms with Crippen LogP contribution in [0.3, 0.4) is 0 Å².